The SMILES string of the molecule is Cc1cc(NC(=O)Nc2ccc(N)cc2)no1. The largest absolute Gasteiger partial charge is 0.399 e. The molecule has 0 aliphatic carbocycles. The number of aryl methyl sites for hydroxylation is 1. The number of nitrogen functional groups attached to an aromatic ring is 1. The molecule has 0 spiro atoms. The summed E-state index contributed by atoms with van der Waals surface area (Å²) in [5, 5.41) is 8.82. The van der Waals surface area contributed by atoms with Crippen LogP contribution in [0.2, 0.25) is 0 Å². The highest BCUT2D eigenvalue weighted by atomic mass is 16.5. The summed E-state index contributed by atoms with van der Waals surface area (Å²) in [6.45, 7) is 1.75. The minimum absolute atomic E-state index is 0.371. The van der Waals surface area contributed by atoms with Crippen molar-refractivity contribution in [3.63, 3.8) is 0 Å². The molecule has 0 unspecified atom stereocenters. The van der Waals surface area contributed by atoms with Crippen molar-refractivity contribution in [2.24, 2.45) is 0 Å². The molecule has 0 saturated carbocycles. The molecule has 4 N–H and O–H groups in total. The summed E-state index contributed by atoms with van der Waals surface area (Å²) in [4.78, 5) is 11.5. The summed E-state index contributed by atoms with van der Waals surface area (Å²) >= 11 is 0. The lowest BCUT2D eigenvalue weighted by Crippen LogP contribution is -2.19. The number of nitrogens with one attached hydrogen (secondary N) is 2. The number of carbonyl (C=O) groups is 1. The van der Waals surface area contributed by atoms with Crippen molar-refractivity contribution in [3.8, 4) is 0 Å². The van der Waals surface area contributed by atoms with Crippen molar-refractivity contribution in [1.29, 1.82) is 0 Å². The van der Waals surface area contributed by atoms with E-state index in [0.717, 1.165) is 0 Å². The van der Waals surface area contributed by atoms with Crippen LogP contribution in [0.3, 0.4) is 0 Å². The van der Waals surface area contributed by atoms with Crippen LogP contribution in [-0.2, 0) is 0 Å². The zero-order valence-corrected chi connectivity index (χ0v) is 9.23. The number of rotatable bonds is 2. The number of urea groups is 1. The molecule has 0 aliphatic heterocycles. The van der Waals surface area contributed by atoms with Gasteiger partial charge in [0.15, 0.2) is 5.82 Å². The second kappa shape index (κ2) is 4.56. The third-order valence-corrected chi connectivity index (χ3v) is 2.04. The highest BCUT2D eigenvalue weighted by molar-refractivity contribution is 5.99. The fraction of sp³-hybridized carbons (Fsp3) is 0.0909. The maximum absolute atomic E-state index is 11.5. The number of anilines is 3. The molecule has 0 fully saturated rings. The highest BCUT2D eigenvalue weighted by Crippen LogP contribution is 2.12. The van der Waals surface area contributed by atoms with Gasteiger partial charge in [-0.2, -0.15) is 0 Å². The average molecular weight is 232 g/mol. The Kier molecular flexibility index (Phi) is 2.95. The van der Waals surface area contributed by atoms with Gasteiger partial charge in [0.2, 0.25) is 0 Å². The molecule has 0 radical (unpaired) electrons. The number of benzene rings is 1. The smallest absolute Gasteiger partial charge is 0.324 e. The van der Waals surface area contributed by atoms with Gasteiger partial charge in [0, 0.05) is 17.4 Å². The molecule has 88 valence electrons. The van der Waals surface area contributed by atoms with E-state index >= 15 is 0 Å². The quantitative estimate of drug-likeness (QED) is 0.692. The lowest BCUT2D eigenvalue weighted by molar-refractivity contribution is 0.262. The standard InChI is InChI=1S/C11H12N4O2/c1-7-6-10(15-17-7)14-11(16)13-9-4-2-8(12)3-5-9/h2-6H,12H2,1H3,(H2,13,14,15,16). The molecule has 2 rings (SSSR count). The Bertz CT molecular complexity index is 519. The summed E-state index contributed by atoms with van der Waals surface area (Å²) in [5.74, 6) is 1.00. The number of nitrogens with two attached hydrogens (primary N) is 1. The summed E-state index contributed by atoms with van der Waals surface area (Å²) in [7, 11) is 0. The van der Waals surface area contributed by atoms with Crippen LogP contribution in [-0.4, -0.2) is 11.2 Å². The Labute approximate surface area is 97.8 Å². The van der Waals surface area contributed by atoms with Gasteiger partial charge >= 0.3 is 6.03 Å². The first-order valence-corrected chi connectivity index (χ1v) is 5.00. The van der Waals surface area contributed by atoms with Gasteiger partial charge in [-0.3, -0.25) is 5.32 Å². The summed E-state index contributed by atoms with van der Waals surface area (Å²) in [5.41, 5.74) is 6.82. The van der Waals surface area contributed by atoms with Crippen LogP contribution in [0.15, 0.2) is 34.9 Å². The van der Waals surface area contributed by atoms with Crippen LogP contribution in [0.5, 0.6) is 0 Å². The Morgan fingerprint density at radius 3 is 2.59 bits per heavy atom. The fourth-order valence-electron chi connectivity index (χ4n) is 1.27. The number of aromatic nitrogens is 1. The number of carbonyl (C=O) groups excluding carboxylic acids is 1. The first kappa shape index (κ1) is 11.0. The van der Waals surface area contributed by atoms with Gasteiger partial charge in [0.1, 0.15) is 5.76 Å². The van der Waals surface area contributed by atoms with E-state index < -0.39 is 0 Å². The van der Waals surface area contributed by atoms with Gasteiger partial charge in [0.25, 0.3) is 0 Å². The topological polar surface area (TPSA) is 93.2 Å². The van der Waals surface area contributed by atoms with Crippen molar-refractivity contribution >= 4 is 23.2 Å². The van der Waals surface area contributed by atoms with Crippen LogP contribution < -0.4 is 16.4 Å². The first-order chi connectivity index (χ1) is 8.13. The zero-order valence-electron chi connectivity index (χ0n) is 9.23. The highest BCUT2D eigenvalue weighted by Gasteiger charge is 2.05. The molecular formula is C11H12N4O2. The third-order valence-electron chi connectivity index (χ3n) is 2.04. The van der Waals surface area contributed by atoms with Crippen molar-refractivity contribution < 1.29 is 9.32 Å². The van der Waals surface area contributed by atoms with E-state index in [-0.39, 0.29) is 6.03 Å². The minimum Gasteiger partial charge on any atom is -0.399 e. The number of nitrogens with zero attached hydrogens (tertiary/aromatic N) is 1. The van der Waals surface area contributed by atoms with E-state index in [1.807, 2.05) is 0 Å². The van der Waals surface area contributed by atoms with Crippen molar-refractivity contribution in [2.45, 2.75) is 6.92 Å². The first-order valence-electron chi connectivity index (χ1n) is 5.00. The van der Waals surface area contributed by atoms with E-state index in [2.05, 4.69) is 15.8 Å². The number of hydrogen-bond acceptors (Lipinski definition) is 4. The average Bonchev–Trinajstić information content (AvgIpc) is 2.67. The van der Waals surface area contributed by atoms with Gasteiger partial charge in [-0.25, -0.2) is 4.79 Å². The molecular weight excluding hydrogens is 220 g/mol. The van der Waals surface area contributed by atoms with Crippen molar-refractivity contribution in [2.75, 3.05) is 16.4 Å². The fourth-order valence-corrected chi connectivity index (χ4v) is 1.27. The van der Waals surface area contributed by atoms with Gasteiger partial charge < -0.3 is 15.6 Å². The van der Waals surface area contributed by atoms with E-state index in [1.165, 1.54) is 0 Å². The van der Waals surface area contributed by atoms with Gasteiger partial charge in [-0.15, -0.1) is 0 Å². The molecule has 0 aliphatic rings. The van der Waals surface area contributed by atoms with Gasteiger partial charge in [-0.1, -0.05) is 5.16 Å². The molecule has 1 aromatic heterocycles. The molecule has 6 nitrogen and oxygen atoms in total. The lowest BCUT2D eigenvalue weighted by atomic mass is 10.3. The summed E-state index contributed by atoms with van der Waals surface area (Å²) in [6, 6.07) is 8.07. The van der Waals surface area contributed by atoms with Crippen LogP contribution in [0, 0.1) is 6.92 Å². The summed E-state index contributed by atoms with van der Waals surface area (Å²) < 4.78 is 4.82. The van der Waals surface area contributed by atoms with Crippen LogP contribution in [0.4, 0.5) is 22.0 Å². The van der Waals surface area contributed by atoms with Crippen LogP contribution in [0.1, 0.15) is 5.76 Å². The Morgan fingerprint density at radius 2 is 2.00 bits per heavy atom. The molecule has 6 heteroatoms. The monoisotopic (exact) mass is 232 g/mol. The van der Waals surface area contributed by atoms with Crippen LogP contribution >= 0.6 is 0 Å². The molecule has 17 heavy (non-hydrogen) atoms. The van der Waals surface area contributed by atoms with E-state index in [1.54, 1.807) is 37.3 Å². The van der Waals surface area contributed by atoms with Crippen molar-refractivity contribution in [3.05, 3.63) is 36.1 Å². The third kappa shape index (κ3) is 2.97. The molecule has 0 atom stereocenters. The molecule has 1 aromatic carbocycles. The molecule has 0 saturated heterocycles. The van der Waals surface area contributed by atoms with E-state index in [4.69, 9.17) is 10.3 Å². The predicted molar refractivity (Wildman–Crippen MR) is 64.7 cm³/mol. The Hall–Kier alpha value is -2.50. The van der Waals surface area contributed by atoms with Gasteiger partial charge in [0.05, 0.1) is 0 Å². The molecule has 1 heterocycles. The Balaban J connectivity index is 1.95. The molecule has 0 bridgehead atoms. The molecule has 2 aromatic rings. The van der Waals surface area contributed by atoms with Crippen molar-refractivity contribution in [1.82, 2.24) is 5.16 Å². The maximum Gasteiger partial charge on any atom is 0.324 e. The second-order valence-corrected chi connectivity index (χ2v) is 3.52. The van der Waals surface area contributed by atoms with E-state index in [9.17, 15) is 4.79 Å². The lowest BCUT2D eigenvalue weighted by Gasteiger charge is -2.04. The number of hydrogen-bond donors (Lipinski definition) is 3. The zero-order chi connectivity index (χ0) is 12.3. The summed E-state index contributed by atoms with van der Waals surface area (Å²) in [6.07, 6.45) is 0. The Morgan fingerprint density at radius 1 is 1.29 bits per heavy atom. The second-order valence-electron chi connectivity index (χ2n) is 3.52. The van der Waals surface area contributed by atoms with Gasteiger partial charge in [-0.05, 0) is 31.2 Å². The predicted octanol–water partition coefficient (Wildman–Crippen LogP) is 2.21. The maximum atomic E-state index is 11.5. The molecule has 2 amide bonds. The van der Waals surface area contributed by atoms with Crippen LogP contribution in [0.25, 0.3) is 0 Å². The normalized spacial score (nSPS) is 9.94. The van der Waals surface area contributed by atoms with E-state index in [0.29, 0.717) is 23.0 Å². The number of amides is 2. The minimum atomic E-state index is -0.386.